The zero-order chi connectivity index (χ0) is 8.65. The fourth-order valence-electron chi connectivity index (χ4n) is 1.31. The zero-order valence-electron chi connectivity index (χ0n) is 8.00. The molecular formula is C8H20ClN3O. The maximum absolute atomic E-state index is 5.30. The van der Waals surface area contributed by atoms with Crippen LogP contribution in [0.15, 0.2) is 0 Å². The van der Waals surface area contributed by atoms with Crippen molar-refractivity contribution in [2.75, 3.05) is 52.5 Å². The quantitative estimate of drug-likeness (QED) is 0.588. The molecule has 0 aromatic heterocycles. The molecule has 80 valence electrons. The number of hydrogen-bond donors (Lipinski definition) is 2. The molecule has 13 heavy (non-hydrogen) atoms. The molecule has 1 rings (SSSR count). The number of nitrogens with zero attached hydrogens (tertiary/aromatic N) is 1. The van der Waals surface area contributed by atoms with Gasteiger partial charge in [0, 0.05) is 39.3 Å². The van der Waals surface area contributed by atoms with Crippen LogP contribution in [0.5, 0.6) is 0 Å². The van der Waals surface area contributed by atoms with Gasteiger partial charge in [-0.05, 0) is 0 Å². The molecule has 0 saturated carbocycles. The molecule has 0 aliphatic carbocycles. The van der Waals surface area contributed by atoms with E-state index in [4.69, 9.17) is 10.5 Å². The first-order valence-corrected chi connectivity index (χ1v) is 4.64. The lowest BCUT2D eigenvalue weighted by Crippen LogP contribution is -2.44. The molecule has 0 bridgehead atoms. The van der Waals surface area contributed by atoms with Gasteiger partial charge < -0.3 is 15.8 Å². The molecular weight excluding hydrogens is 190 g/mol. The zero-order valence-corrected chi connectivity index (χ0v) is 8.81. The Labute approximate surface area is 86.2 Å². The van der Waals surface area contributed by atoms with Crippen molar-refractivity contribution in [2.24, 2.45) is 5.73 Å². The summed E-state index contributed by atoms with van der Waals surface area (Å²) < 4.78 is 5.30. The lowest BCUT2D eigenvalue weighted by molar-refractivity contribution is 0.104. The van der Waals surface area contributed by atoms with Gasteiger partial charge in [0.15, 0.2) is 0 Å². The second kappa shape index (κ2) is 8.72. The van der Waals surface area contributed by atoms with Crippen LogP contribution in [-0.2, 0) is 4.74 Å². The van der Waals surface area contributed by atoms with Gasteiger partial charge in [-0.2, -0.15) is 0 Å². The summed E-state index contributed by atoms with van der Waals surface area (Å²) in [5, 5.41) is 3.31. The fourth-order valence-corrected chi connectivity index (χ4v) is 1.31. The van der Waals surface area contributed by atoms with Gasteiger partial charge in [-0.3, -0.25) is 4.90 Å². The van der Waals surface area contributed by atoms with Gasteiger partial charge in [-0.1, -0.05) is 0 Å². The van der Waals surface area contributed by atoms with E-state index in [0.29, 0.717) is 13.2 Å². The minimum Gasteiger partial charge on any atom is -0.379 e. The topological polar surface area (TPSA) is 50.5 Å². The molecule has 0 atom stereocenters. The van der Waals surface area contributed by atoms with E-state index in [1.807, 2.05) is 0 Å². The number of halogens is 1. The Balaban J connectivity index is 0.00000144. The van der Waals surface area contributed by atoms with Crippen LogP contribution < -0.4 is 11.1 Å². The van der Waals surface area contributed by atoms with Crippen molar-refractivity contribution in [3.63, 3.8) is 0 Å². The molecule has 0 radical (unpaired) electrons. The van der Waals surface area contributed by atoms with Crippen molar-refractivity contribution in [3.8, 4) is 0 Å². The normalized spacial score (nSPS) is 18.2. The van der Waals surface area contributed by atoms with Crippen molar-refractivity contribution in [2.45, 2.75) is 0 Å². The summed E-state index contributed by atoms with van der Waals surface area (Å²) in [4.78, 5) is 2.41. The minimum atomic E-state index is 0. The average Bonchev–Trinajstić information content (AvgIpc) is 2.14. The molecule has 3 N–H and O–H groups in total. The molecule has 1 aliphatic heterocycles. The van der Waals surface area contributed by atoms with Crippen molar-refractivity contribution in [1.82, 2.24) is 10.2 Å². The summed E-state index contributed by atoms with van der Waals surface area (Å²) in [7, 11) is 0. The highest BCUT2D eigenvalue weighted by Gasteiger charge is 2.07. The van der Waals surface area contributed by atoms with Crippen molar-refractivity contribution in [1.29, 1.82) is 0 Å². The van der Waals surface area contributed by atoms with Gasteiger partial charge >= 0.3 is 0 Å². The first kappa shape index (κ1) is 13.1. The van der Waals surface area contributed by atoms with Crippen LogP contribution in [0.2, 0.25) is 0 Å². The smallest absolute Gasteiger partial charge is 0.0594 e. The van der Waals surface area contributed by atoms with Crippen molar-refractivity contribution < 1.29 is 4.74 Å². The Bertz CT molecular complexity index is 110. The molecule has 0 amide bonds. The monoisotopic (exact) mass is 209 g/mol. The van der Waals surface area contributed by atoms with Crippen LogP contribution in [0.25, 0.3) is 0 Å². The van der Waals surface area contributed by atoms with Crippen LogP contribution in [0.4, 0.5) is 0 Å². The second-order valence-corrected chi connectivity index (χ2v) is 2.99. The predicted octanol–water partition coefficient (Wildman–Crippen LogP) is -0.711. The van der Waals surface area contributed by atoms with E-state index < -0.39 is 0 Å². The van der Waals surface area contributed by atoms with E-state index in [0.717, 1.165) is 39.3 Å². The van der Waals surface area contributed by atoms with Crippen LogP contribution in [0, 0.1) is 0 Å². The van der Waals surface area contributed by atoms with Crippen molar-refractivity contribution in [3.05, 3.63) is 0 Å². The maximum atomic E-state index is 5.30. The van der Waals surface area contributed by atoms with Crippen LogP contribution in [0.3, 0.4) is 0 Å². The summed E-state index contributed by atoms with van der Waals surface area (Å²) in [5.74, 6) is 0. The Morgan fingerprint density at radius 1 is 1.23 bits per heavy atom. The fraction of sp³-hybridized carbons (Fsp3) is 1.00. The molecule has 0 aromatic carbocycles. The third-order valence-electron chi connectivity index (χ3n) is 2.02. The van der Waals surface area contributed by atoms with Gasteiger partial charge in [-0.15, -0.1) is 12.4 Å². The Morgan fingerprint density at radius 2 is 1.92 bits per heavy atom. The summed E-state index contributed by atoms with van der Waals surface area (Å²) in [6, 6.07) is 0. The van der Waals surface area contributed by atoms with E-state index in [1.54, 1.807) is 0 Å². The number of nitrogens with one attached hydrogen (secondary N) is 1. The molecule has 1 saturated heterocycles. The van der Waals surface area contributed by atoms with Gasteiger partial charge in [0.1, 0.15) is 0 Å². The molecule has 4 nitrogen and oxygen atoms in total. The number of hydrogen-bond acceptors (Lipinski definition) is 4. The molecule has 5 heteroatoms. The second-order valence-electron chi connectivity index (χ2n) is 2.99. The lowest BCUT2D eigenvalue weighted by Gasteiger charge is -2.26. The SMILES string of the molecule is Cl.NCCOCCN1CCNCC1. The molecule has 1 aliphatic rings. The first-order valence-electron chi connectivity index (χ1n) is 4.64. The highest BCUT2D eigenvalue weighted by molar-refractivity contribution is 5.85. The van der Waals surface area contributed by atoms with E-state index in [2.05, 4.69) is 10.2 Å². The molecule has 1 heterocycles. The largest absolute Gasteiger partial charge is 0.379 e. The van der Waals surface area contributed by atoms with Crippen LogP contribution >= 0.6 is 12.4 Å². The predicted molar refractivity (Wildman–Crippen MR) is 56.4 cm³/mol. The highest BCUT2D eigenvalue weighted by atomic mass is 35.5. The third-order valence-corrected chi connectivity index (χ3v) is 2.02. The number of rotatable bonds is 5. The molecule has 0 aromatic rings. The summed E-state index contributed by atoms with van der Waals surface area (Å²) >= 11 is 0. The van der Waals surface area contributed by atoms with Gasteiger partial charge in [0.2, 0.25) is 0 Å². The van der Waals surface area contributed by atoms with E-state index in [1.165, 1.54) is 0 Å². The maximum Gasteiger partial charge on any atom is 0.0594 e. The average molecular weight is 210 g/mol. The number of nitrogens with two attached hydrogens (primary N) is 1. The minimum absolute atomic E-state index is 0. The molecule has 1 fully saturated rings. The van der Waals surface area contributed by atoms with Crippen molar-refractivity contribution >= 4 is 12.4 Å². The Kier molecular flexibility index (Phi) is 8.80. The van der Waals surface area contributed by atoms with E-state index in [9.17, 15) is 0 Å². The van der Waals surface area contributed by atoms with E-state index >= 15 is 0 Å². The van der Waals surface area contributed by atoms with Gasteiger partial charge in [0.25, 0.3) is 0 Å². The summed E-state index contributed by atoms with van der Waals surface area (Å²) in [6.07, 6.45) is 0. The van der Waals surface area contributed by atoms with E-state index in [-0.39, 0.29) is 12.4 Å². The summed E-state index contributed by atoms with van der Waals surface area (Å²) in [6.45, 7) is 7.68. The third kappa shape index (κ3) is 6.23. The first-order chi connectivity index (χ1) is 5.93. The van der Waals surface area contributed by atoms with Gasteiger partial charge in [-0.25, -0.2) is 0 Å². The van der Waals surface area contributed by atoms with Gasteiger partial charge in [0.05, 0.1) is 13.2 Å². The van der Waals surface area contributed by atoms with Crippen LogP contribution in [0.1, 0.15) is 0 Å². The Hall–Kier alpha value is 0.130. The highest BCUT2D eigenvalue weighted by Crippen LogP contribution is 1.90. The lowest BCUT2D eigenvalue weighted by atomic mass is 10.4. The Morgan fingerprint density at radius 3 is 2.54 bits per heavy atom. The summed E-state index contributed by atoms with van der Waals surface area (Å²) in [5.41, 5.74) is 5.30. The van der Waals surface area contributed by atoms with Crippen LogP contribution in [-0.4, -0.2) is 57.4 Å². The number of ether oxygens (including phenoxy) is 1. The standard InChI is InChI=1S/C8H19N3O.ClH/c9-1-7-12-8-6-11-4-2-10-3-5-11;/h10H,1-9H2;1H. The molecule has 0 spiro atoms. The molecule has 0 unspecified atom stereocenters. The number of piperazine rings is 1.